The van der Waals surface area contributed by atoms with Crippen molar-refractivity contribution in [3.63, 3.8) is 0 Å². The number of ether oxygens (including phenoxy) is 2. The van der Waals surface area contributed by atoms with E-state index in [2.05, 4.69) is 17.0 Å². The molecule has 0 N–H and O–H groups in total. The van der Waals surface area contributed by atoms with Gasteiger partial charge in [-0.05, 0) is 54.4 Å². The SMILES string of the molecule is c1c2c(cc3c1CC[C@@H]1[C@@H]3OCCN1CC1CC1)OCC2. The molecule has 2 aliphatic carbocycles. The largest absolute Gasteiger partial charge is 0.493 e. The summed E-state index contributed by atoms with van der Waals surface area (Å²) in [6, 6.07) is 5.26. The molecule has 3 heteroatoms. The quantitative estimate of drug-likeness (QED) is 0.834. The summed E-state index contributed by atoms with van der Waals surface area (Å²) in [7, 11) is 0. The minimum absolute atomic E-state index is 0.274. The molecule has 4 aliphatic rings. The van der Waals surface area contributed by atoms with Gasteiger partial charge in [-0.2, -0.15) is 0 Å². The zero-order valence-electron chi connectivity index (χ0n) is 12.5. The Balaban J connectivity index is 1.48. The average molecular weight is 285 g/mol. The summed E-state index contributed by atoms with van der Waals surface area (Å²) in [4.78, 5) is 2.71. The van der Waals surface area contributed by atoms with E-state index >= 15 is 0 Å². The second-order valence-electron chi connectivity index (χ2n) is 7.09. The summed E-state index contributed by atoms with van der Waals surface area (Å²) in [5.41, 5.74) is 4.32. The first-order valence-corrected chi connectivity index (χ1v) is 8.52. The van der Waals surface area contributed by atoms with Crippen LogP contribution in [0.1, 0.15) is 42.1 Å². The summed E-state index contributed by atoms with van der Waals surface area (Å²) in [6.45, 7) is 4.14. The number of aryl methyl sites for hydroxylation is 1. The highest BCUT2D eigenvalue weighted by molar-refractivity contribution is 5.47. The van der Waals surface area contributed by atoms with Gasteiger partial charge < -0.3 is 9.47 Å². The number of hydrogen-bond donors (Lipinski definition) is 0. The Morgan fingerprint density at radius 1 is 1.05 bits per heavy atom. The molecule has 0 spiro atoms. The zero-order chi connectivity index (χ0) is 13.8. The minimum atomic E-state index is 0.274. The van der Waals surface area contributed by atoms with E-state index in [-0.39, 0.29) is 6.10 Å². The molecule has 2 aliphatic heterocycles. The van der Waals surface area contributed by atoms with Gasteiger partial charge in [0.25, 0.3) is 0 Å². The van der Waals surface area contributed by atoms with Crippen LogP contribution < -0.4 is 4.74 Å². The van der Waals surface area contributed by atoms with Crippen LogP contribution >= 0.6 is 0 Å². The number of rotatable bonds is 2. The van der Waals surface area contributed by atoms with Crippen molar-refractivity contribution in [3.05, 3.63) is 28.8 Å². The summed E-state index contributed by atoms with van der Waals surface area (Å²) in [5.74, 6) is 2.07. The van der Waals surface area contributed by atoms with Gasteiger partial charge in [0, 0.05) is 25.6 Å². The van der Waals surface area contributed by atoms with E-state index in [1.54, 1.807) is 0 Å². The lowest BCUT2D eigenvalue weighted by molar-refractivity contribution is -0.0816. The summed E-state index contributed by atoms with van der Waals surface area (Å²) in [6.07, 6.45) is 6.68. The second-order valence-corrected chi connectivity index (χ2v) is 7.09. The highest BCUT2D eigenvalue weighted by Gasteiger charge is 2.39. The molecule has 0 aromatic heterocycles. The highest BCUT2D eigenvalue weighted by atomic mass is 16.5. The van der Waals surface area contributed by atoms with Gasteiger partial charge in [0.2, 0.25) is 0 Å². The van der Waals surface area contributed by atoms with Gasteiger partial charge in [0.15, 0.2) is 0 Å². The topological polar surface area (TPSA) is 21.7 Å². The Morgan fingerprint density at radius 2 is 2.00 bits per heavy atom. The first kappa shape index (κ1) is 12.5. The van der Waals surface area contributed by atoms with E-state index in [0.717, 1.165) is 37.8 Å². The molecule has 2 fully saturated rings. The zero-order valence-corrected chi connectivity index (χ0v) is 12.5. The van der Waals surface area contributed by atoms with Crippen molar-refractivity contribution >= 4 is 0 Å². The van der Waals surface area contributed by atoms with E-state index in [0.29, 0.717) is 6.04 Å². The maximum atomic E-state index is 6.20. The second kappa shape index (κ2) is 4.72. The van der Waals surface area contributed by atoms with Crippen LogP contribution in [-0.4, -0.2) is 37.2 Å². The minimum Gasteiger partial charge on any atom is -0.493 e. The normalized spacial score (nSPS) is 31.2. The molecule has 2 heterocycles. The van der Waals surface area contributed by atoms with E-state index in [9.17, 15) is 0 Å². The van der Waals surface area contributed by atoms with Crippen LogP contribution in [-0.2, 0) is 17.6 Å². The molecule has 0 amide bonds. The first-order valence-electron chi connectivity index (χ1n) is 8.52. The molecule has 1 saturated carbocycles. The summed E-state index contributed by atoms with van der Waals surface area (Å²) in [5, 5.41) is 0. The molecule has 112 valence electrons. The maximum absolute atomic E-state index is 6.20. The Bertz CT molecular complexity index is 567. The van der Waals surface area contributed by atoms with Gasteiger partial charge in [-0.1, -0.05) is 6.07 Å². The van der Waals surface area contributed by atoms with Crippen LogP contribution in [0.3, 0.4) is 0 Å². The molecule has 1 saturated heterocycles. The molecule has 1 aromatic rings. The Hall–Kier alpha value is -1.06. The third-order valence-electron chi connectivity index (χ3n) is 5.65. The van der Waals surface area contributed by atoms with Crippen LogP contribution in [0.4, 0.5) is 0 Å². The molecule has 5 rings (SSSR count). The molecule has 2 atom stereocenters. The van der Waals surface area contributed by atoms with Crippen LogP contribution in [0.2, 0.25) is 0 Å². The molecule has 3 nitrogen and oxygen atoms in total. The Morgan fingerprint density at radius 3 is 2.90 bits per heavy atom. The molecular formula is C18H23NO2. The van der Waals surface area contributed by atoms with Gasteiger partial charge in [-0.3, -0.25) is 4.90 Å². The molecule has 1 aromatic carbocycles. The van der Waals surface area contributed by atoms with E-state index in [1.165, 1.54) is 48.9 Å². The van der Waals surface area contributed by atoms with E-state index < -0.39 is 0 Å². The summed E-state index contributed by atoms with van der Waals surface area (Å²) < 4.78 is 12.0. The smallest absolute Gasteiger partial charge is 0.123 e. The fourth-order valence-electron chi connectivity index (χ4n) is 4.33. The lowest BCUT2D eigenvalue weighted by Crippen LogP contribution is -2.49. The molecule has 0 unspecified atom stereocenters. The Kier molecular flexibility index (Phi) is 2.80. The maximum Gasteiger partial charge on any atom is 0.123 e. The number of nitrogens with zero attached hydrogens (tertiary/aromatic N) is 1. The van der Waals surface area contributed by atoms with Crippen LogP contribution in [0.15, 0.2) is 12.1 Å². The molecule has 0 bridgehead atoms. The fraction of sp³-hybridized carbons (Fsp3) is 0.667. The third kappa shape index (κ3) is 2.09. The fourth-order valence-corrected chi connectivity index (χ4v) is 4.33. The van der Waals surface area contributed by atoms with Crippen molar-refractivity contribution in [1.82, 2.24) is 4.90 Å². The highest BCUT2D eigenvalue weighted by Crippen LogP contribution is 2.43. The van der Waals surface area contributed by atoms with E-state index in [1.807, 2.05) is 0 Å². The van der Waals surface area contributed by atoms with Gasteiger partial charge in [0.05, 0.1) is 19.3 Å². The van der Waals surface area contributed by atoms with Crippen molar-refractivity contribution in [2.24, 2.45) is 5.92 Å². The van der Waals surface area contributed by atoms with Crippen LogP contribution in [0.25, 0.3) is 0 Å². The molecule has 21 heavy (non-hydrogen) atoms. The van der Waals surface area contributed by atoms with Gasteiger partial charge >= 0.3 is 0 Å². The third-order valence-corrected chi connectivity index (χ3v) is 5.65. The van der Waals surface area contributed by atoms with Crippen molar-refractivity contribution in [3.8, 4) is 5.75 Å². The number of hydrogen-bond acceptors (Lipinski definition) is 3. The molecule has 0 radical (unpaired) electrons. The van der Waals surface area contributed by atoms with Gasteiger partial charge in [0.1, 0.15) is 5.75 Å². The van der Waals surface area contributed by atoms with Crippen molar-refractivity contribution in [1.29, 1.82) is 0 Å². The summed E-state index contributed by atoms with van der Waals surface area (Å²) >= 11 is 0. The van der Waals surface area contributed by atoms with Crippen LogP contribution in [0, 0.1) is 5.92 Å². The predicted molar refractivity (Wildman–Crippen MR) is 80.7 cm³/mol. The predicted octanol–water partition coefficient (Wildman–Crippen LogP) is 2.72. The monoisotopic (exact) mass is 285 g/mol. The van der Waals surface area contributed by atoms with Crippen molar-refractivity contribution in [2.45, 2.75) is 44.2 Å². The van der Waals surface area contributed by atoms with Crippen LogP contribution in [0.5, 0.6) is 5.75 Å². The number of morpholine rings is 1. The van der Waals surface area contributed by atoms with Crippen molar-refractivity contribution < 1.29 is 9.47 Å². The first-order chi connectivity index (χ1) is 10.4. The van der Waals surface area contributed by atoms with Crippen molar-refractivity contribution in [2.75, 3.05) is 26.3 Å². The van der Waals surface area contributed by atoms with E-state index in [4.69, 9.17) is 9.47 Å². The Labute approximate surface area is 126 Å². The lowest BCUT2D eigenvalue weighted by atomic mass is 9.83. The average Bonchev–Trinajstić information content (AvgIpc) is 3.21. The standard InChI is InChI=1S/C18H23NO2/c1-2-12(1)11-19-6-8-21-18-15-10-17-14(5-7-20-17)9-13(15)3-4-16(18)19/h9-10,12,16,18H,1-8,11H2/t16-,18-/m1/s1. The number of fused-ring (bicyclic) bond motifs is 4. The van der Waals surface area contributed by atoms with Gasteiger partial charge in [-0.15, -0.1) is 0 Å². The number of benzene rings is 1. The molecular weight excluding hydrogens is 262 g/mol. The lowest BCUT2D eigenvalue weighted by Gasteiger charge is -2.44. The van der Waals surface area contributed by atoms with Gasteiger partial charge in [-0.25, -0.2) is 0 Å².